The molecule has 0 aliphatic carbocycles. The van der Waals surface area contributed by atoms with Crippen molar-refractivity contribution in [1.82, 2.24) is 10.3 Å². The molecule has 0 fully saturated rings. The number of aromatic nitrogens is 1. The summed E-state index contributed by atoms with van der Waals surface area (Å²) >= 11 is 1.11. The van der Waals surface area contributed by atoms with Crippen LogP contribution in [0.3, 0.4) is 0 Å². The maximum atomic E-state index is 12.3. The molecule has 1 aromatic heterocycles. The molecule has 1 atom stereocenters. The SMILES string of the molecule is CC(C)(C)OC(=O)CNC(=O)c1cnc(Oc2ccc3c(c2)CCC(c2ccccc2)O3)s1. The summed E-state index contributed by atoms with van der Waals surface area (Å²) in [5.41, 5.74) is 1.64. The number of nitrogens with one attached hydrogen (secondary N) is 1. The molecule has 0 saturated carbocycles. The number of benzene rings is 2. The molecular weight excluding hydrogens is 440 g/mol. The highest BCUT2D eigenvalue weighted by Gasteiger charge is 2.22. The van der Waals surface area contributed by atoms with E-state index in [4.69, 9.17) is 14.2 Å². The Labute approximate surface area is 196 Å². The first kappa shape index (κ1) is 22.8. The molecule has 3 aromatic rings. The third kappa shape index (κ3) is 6.10. The fraction of sp³-hybridized carbons (Fsp3) is 0.320. The van der Waals surface area contributed by atoms with Crippen LogP contribution in [0.4, 0.5) is 0 Å². The van der Waals surface area contributed by atoms with Crippen LogP contribution in [0.25, 0.3) is 0 Å². The molecule has 0 saturated heterocycles. The van der Waals surface area contributed by atoms with E-state index in [1.54, 1.807) is 20.8 Å². The first-order valence-electron chi connectivity index (χ1n) is 10.7. The van der Waals surface area contributed by atoms with Crippen molar-refractivity contribution in [2.24, 2.45) is 0 Å². The zero-order valence-electron chi connectivity index (χ0n) is 18.8. The van der Waals surface area contributed by atoms with Crippen molar-refractivity contribution in [3.05, 3.63) is 70.7 Å². The van der Waals surface area contributed by atoms with Crippen molar-refractivity contribution in [2.75, 3.05) is 6.54 Å². The summed E-state index contributed by atoms with van der Waals surface area (Å²) in [5, 5.41) is 2.89. The standard InChI is InChI=1S/C25H26N2O5S/c1-25(2,3)32-22(28)15-26-23(29)21-14-27-24(33-21)30-18-10-12-20-17(13-18)9-11-19(31-20)16-7-5-4-6-8-16/h4-8,10,12-14,19H,9,11,15H2,1-3H3,(H,26,29). The summed E-state index contributed by atoms with van der Waals surface area (Å²) in [4.78, 5) is 28.6. The van der Waals surface area contributed by atoms with Gasteiger partial charge in [-0.25, -0.2) is 4.98 Å². The number of nitrogens with zero attached hydrogens (tertiary/aromatic N) is 1. The van der Waals surface area contributed by atoms with Crippen LogP contribution in [0.5, 0.6) is 16.7 Å². The minimum absolute atomic E-state index is 0.0474. The zero-order chi connectivity index (χ0) is 23.4. The summed E-state index contributed by atoms with van der Waals surface area (Å²) in [6, 6.07) is 15.9. The monoisotopic (exact) mass is 466 g/mol. The molecule has 1 unspecified atom stereocenters. The van der Waals surface area contributed by atoms with E-state index in [1.165, 1.54) is 11.8 Å². The molecule has 33 heavy (non-hydrogen) atoms. The molecule has 1 aliphatic rings. The van der Waals surface area contributed by atoms with Gasteiger partial charge in [0.05, 0.1) is 6.20 Å². The maximum absolute atomic E-state index is 12.3. The lowest BCUT2D eigenvalue weighted by molar-refractivity contribution is -0.153. The summed E-state index contributed by atoms with van der Waals surface area (Å²) in [7, 11) is 0. The fourth-order valence-electron chi connectivity index (χ4n) is 3.46. The summed E-state index contributed by atoms with van der Waals surface area (Å²) in [6.45, 7) is 5.11. The van der Waals surface area contributed by atoms with Gasteiger partial charge in [0, 0.05) is 0 Å². The highest BCUT2D eigenvalue weighted by atomic mass is 32.1. The Kier molecular flexibility index (Phi) is 6.65. The number of fused-ring (bicyclic) bond motifs is 1. The van der Waals surface area contributed by atoms with Crippen LogP contribution < -0.4 is 14.8 Å². The van der Waals surface area contributed by atoms with Gasteiger partial charge in [-0.1, -0.05) is 41.7 Å². The van der Waals surface area contributed by atoms with Crippen molar-refractivity contribution < 1.29 is 23.8 Å². The van der Waals surface area contributed by atoms with Crippen molar-refractivity contribution in [1.29, 1.82) is 0 Å². The van der Waals surface area contributed by atoms with Crippen LogP contribution >= 0.6 is 11.3 Å². The molecule has 0 spiro atoms. The zero-order valence-corrected chi connectivity index (χ0v) is 19.6. The summed E-state index contributed by atoms with van der Waals surface area (Å²) in [5.74, 6) is 0.580. The average molecular weight is 467 g/mol. The van der Waals surface area contributed by atoms with Crippen molar-refractivity contribution in [3.8, 4) is 16.7 Å². The smallest absolute Gasteiger partial charge is 0.325 e. The molecule has 1 N–H and O–H groups in total. The van der Waals surface area contributed by atoms with E-state index in [-0.39, 0.29) is 12.6 Å². The van der Waals surface area contributed by atoms with Crippen LogP contribution in [0.15, 0.2) is 54.7 Å². The summed E-state index contributed by atoms with van der Waals surface area (Å²) in [6.07, 6.45) is 3.24. The first-order chi connectivity index (χ1) is 15.8. The third-order valence-corrected chi connectivity index (χ3v) is 5.75. The second kappa shape index (κ2) is 9.62. The second-order valence-electron chi connectivity index (χ2n) is 8.69. The maximum Gasteiger partial charge on any atom is 0.325 e. The molecule has 1 amide bonds. The number of carbonyl (C=O) groups is 2. The van der Waals surface area contributed by atoms with Gasteiger partial charge in [-0.3, -0.25) is 9.59 Å². The van der Waals surface area contributed by atoms with Gasteiger partial charge in [-0.2, -0.15) is 0 Å². The van der Waals surface area contributed by atoms with Gasteiger partial charge >= 0.3 is 5.97 Å². The predicted octanol–water partition coefficient (Wildman–Crippen LogP) is 5.07. The van der Waals surface area contributed by atoms with Crippen LogP contribution in [0.2, 0.25) is 0 Å². The van der Waals surface area contributed by atoms with Crippen molar-refractivity contribution >= 4 is 23.2 Å². The Morgan fingerprint density at radius 2 is 1.97 bits per heavy atom. The van der Waals surface area contributed by atoms with Gasteiger partial charge in [-0.05, 0) is 62.9 Å². The van der Waals surface area contributed by atoms with Gasteiger partial charge in [0.1, 0.15) is 34.6 Å². The molecule has 172 valence electrons. The molecule has 2 aromatic carbocycles. The number of hydrogen-bond acceptors (Lipinski definition) is 7. The number of hydrogen-bond donors (Lipinski definition) is 1. The molecular formula is C25H26N2O5S. The molecule has 7 nitrogen and oxygen atoms in total. The van der Waals surface area contributed by atoms with Crippen LogP contribution in [0, 0.1) is 0 Å². The minimum Gasteiger partial charge on any atom is -0.485 e. The van der Waals surface area contributed by atoms with Gasteiger partial charge in [0.2, 0.25) is 0 Å². The summed E-state index contributed by atoms with van der Waals surface area (Å²) < 4.78 is 17.2. The Hall–Kier alpha value is -3.39. The highest BCUT2D eigenvalue weighted by Crippen LogP contribution is 2.38. The molecule has 8 heteroatoms. The number of aryl methyl sites for hydroxylation is 1. The fourth-order valence-corrected chi connectivity index (χ4v) is 4.16. The number of carbonyl (C=O) groups excluding carboxylic acids is 2. The van der Waals surface area contributed by atoms with E-state index in [9.17, 15) is 9.59 Å². The lowest BCUT2D eigenvalue weighted by Gasteiger charge is -2.26. The normalized spacial score (nSPS) is 15.2. The van der Waals surface area contributed by atoms with E-state index in [2.05, 4.69) is 22.4 Å². The number of ether oxygens (including phenoxy) is 3. The van der Waals surface area contributed by atoms with Crippen LogP contribution in [0.1, 0.15) is 54.1 Å². The molecule has 2 heterocycles. The van der Waals surface area contributed by atoms with Crippen molar-refractivity contribution in [2.45, 2.75) is 45.3 Å². The van der Waals surface area contributed by atoms with Crippen LogP contribution in [-0.2, 0) is 16.0 Å². The topological polar surface area (TPSA) is 86.8 Å². The van der Waals surface area contributed by atoms with E-state index in [0.29, 0.717) is 15.8 Å². The van der Waals surface area contributed by atoms with E-state index in [1.807, 2.05) is 36.4 Å². The number of thiazole rings is 1. The average Bonchev–Trinajstić information content (AvgIpc) is 3.25. The third-order valence-electron chi connectivity index (χ3n) is 4.88. The lowest BCUT2D eigenvalue weighted by atomic mass is 9.97. The van der Waals surface area contributed by atoms with Gasteiger partial charge in [0.15, 0.2) is 0 Å². The minimum atomic E-state index is -0.602. The lowest BCUT2D eigenvalue weighted by Crippen LogP contribution is -2.34. The molecule has 0 radical (unpaired) electrons. The quantitative estimate of drug-likeness (QED) is 0.510. The van der Waals surface area contributed by atoms with E-state index < -0.39 is 17.5 Å². The van der Waals surface area contributed by atoms with Gasteiger partial charge < -0.3 is 19.5 Å². The van der Waals surface area contributed by atoms with E-state index >= 15 is 0 Å². The first-order valence-corrected chi connectivity index (χ1v) is 11.6. The largest absolute Gasteiger partial charge is 0.485 e. The Balaban J connectivity index is 1.34. The van der Waals surface area contributed by atoms with E-state index in [0.717, 1.165) is 35.5 Å². The molecule has 1 aliphatic heterocycles. The number of esters is 1. The van der Waals surface area contributed by atoms with Gasteiger partial charge in [-0.15, -0.1) is 0 Å². The second-order valence-corrected chi connectivity index (χ2v) is 9.68. The Bertz CT molecular complexity index is 1140. The van der Waals surface area contributed by atoms with Crippen LogP contribution in [-0.4, -0.2) is 29.0 Å². The Morgan fingerprint density at radius 1 is 1.18 bits per heavy atom. The highest BCUT2D eigenvalue weighted by molar-refractivity contribution is 7.15. The molecule has 4 rings (SSSR count). The molecule has 0 bridgehead atoms. The number of rotatable bonds is 6. The van der Waals surface area contributed by atoms with Gasteiger partial charge in [0.25, 0.3) is 11.1 Å². The Morgan fingerprint density at radius 3 is 2.73 bits per heavy atom. The predicted molar refractivity (Wildman–Crippen MR) is 125 cm³/mol. The van der Waals surface area contributed by atoms with Crippen molar-refractivity contribution in [3.63, 3.8) is 0 Å². The number of amides is 1.